The van der Waals surface area contributed by atoms with Crippen molar-refractivity contribution >= 4 is 49.5 Å². The molecule has 0 amide bonds. The van der Waals surface area contributed by atoms with Gasteiger partial charge in [-0.1, -0.05) is 46.3 Å². The van der Waals surface area contributed by atoms with Crippen LogP contribution in [0, 0.1) is 0 Å². The molecule has 0 fully saturated rings. The predicted molar refractivity (Wildman–Crippen MR) is 92.9 cm³/mol. The van der Waals surface area contributed by atoms with Crippen LogP contribution in [0.1, 0.15) is 10.4 Å². The number of fused-ring (bicyclic) bond motifs is 1. The van der Waals surface area contributed by atoms with Gasteiger partial charge in [-0.05, 0) is 23.6 Å². The van der Waals surface area contributed by atoms with Gasteiger partial charge in [-0.15, -0.1) is 17.0 Å². The summed E-state index contributed by atoms with van der Waals surface area (Å²) < 4.78 is 2.90. The molecule has 0 bridgehead atoms. The highest BCUT2D eigenvalue weighted by atomic mass is 79.9. The number of hydrogen-bond acceptors (Lipinski definition) is 1. The van der Waals surface area contributed by atoms with Gasteiger partial charge in [0.25, 0.3) is 0 Å². The zero-order valence-electron chi connectivity index (χ0n) is 11.2. The van der Waals surface area contributed by atoms with Crippen LogP contribution in [0.25, 0.3) is 10.8 Å². The minimum absolute atomic E-state index is 0. The Morgan fingerprint density at radius 3 is 2.33 bits per heavy atom. The lowest BCUT2D eigenvalue weighted by Gasteiger charge is -2.00. The third-order valence-electron chi connectivity index (χ3n) is 3.24. The minimum Gasteiger partial charge on any atom is -0.287 e. The van der Waals surface area contributed by atoms with E-state index in [1.54, 1.807) is 0 Å². The molecule has 0 saturated heterocycles. The van der Waals surface area contributed by atoms with E-state index in [-0.39, 0.29) is 22.8 Å². The fourth-order valence-electron chi connectivity index (χ4n) is 2.17. The Kier molecular flexibility index (Phi) is 5.26. The number of benzene rings is 2. The minimum atomic E-state index is 0. The standard InChI is InChI=1S/C17H13BrNO.BrH/c18-16-7-5-14(6-8-16)17(20)12-19-10-9-13-3-1-2-4-15(13)11-19;/h1-11H,12H2;1H/q+1;. The molecule has 0 aliphatic carbocycles. The second-order valence-electron chi connectivity index (χ2n) is 4.68. The number of hydrogen-bond donors (Lipinski definition) is 0. The summed E-state index contributed by atoms with van der Waals surface area (Å²) in [6.45, 7) is 0.354. The summed E-state index contributed by atoms with van der Waals surface area (Å²) in [5.74, 6) is 0.109. The first-order valence-electron chi connectivity index (χ1n) is 6.39. The van der Waals surface area contributed by atoms with Gasteiger partial charge in [0.05, 0.1) is 0 Å². The number of carbonyl (C=O) groups excluding carboxylic acids is 1. The molecule has 3 aromatic rings. The third kappa shape index (κ3) is 3.77. The van der Waals surface area contributed by atoms with Gasteiger partial charge in [0.2, 0.25) is 12.3 Å². The number of nitrogens with zero attached hydrogens (tertiary/aromatic N) is 1. The maximum absolute atomic E-state index is 12.2. The van der Waals surface area contributed by atoms with Gasteiger partial charge in [0.1, 0.15) is 0 Å². The number of carbonyl (C=O) groups is 1. The van der Waals surface area contributed by atoms with Crippen LogP contribution in [0.2, 0.25) is 0 Å². The molecule has 1 heterocycles. The van der Waals surface area contributed by atoms with Crippen molar-refractivity contribution in [2.24, 2.45) is 0 Å². The van der Waals surface area contributed by atoms with Crippen molar-refractivity contribution in [1.29, 1.82) is 0 Å². The summed E-state index contributed by atoms with van der Waals surface area (Å²) in [6.07, 6.45) is 3.95. The third-order valence-corrected chi connectivity index (χ3v) is 3.77. The fourth-order valence-corrected chi connectivity index (χ4v) is 2.43. The van der Waals surface area contributed by atoms with Crippen LogP contribution in [-0.4, -0.2) is 5.78 Å². The van der Waals surface area contributed by atoms with E-state index in [9.17, 15) is 4.79 Å². The first-order chi connectivity index (χ1) is 9.72. The molecule has 0 N–H and O–H groups in total. The molecule has 4 heteroatoms. The van der Waals surface area contributed by atoms with E-state index >= 15 is 0 Å². The molecule has 0 aliphatic heterocycles. The Balaban J connectivity index is 0.00000161. The van der Waals surface area contributed by atoms with E-state index in [2.05, 4.69) is 28.1 Å². The zero-order chi connectivity index (χ0) is 13.9. The summed E-state index contributed by atoms with van der Waals surface area (Å²) in [5, 5.41) is 2.32. The Hall–Kier alpha value is -1.52. The van der Waals surface area contributed by atoms with E-state index in [4.69, 9.17) is 0 Å². The SMILES string of the molecule is Br.O=C(C[n+]1ccc2ccccc2c1)c1ccc(Br)cc1. The van der Waals surface area contributed by atoms with Gasteiger partial charge in [-0.3, -0.25) is 4.79 Å². The molecular weight excluding hydrogens is 394 g/mol. The van der Waals surface area contributed by atoms with Crippen LogP contribution in [0.4, 0.5) is 0 Å². The molecule has 21 heavy (non-hydrogen) atoms. The second-order valence-corrected chi connectivity index (χ2v) is 5.59. The molecule has 0 atom stereocenters. The van der Waals surface area contributed by atoms with E-state index in [0.29, 0.717) is 6.54 Å². The Bertz CT molecular complexity index is 769. The molecule has 0 radical (unpaired) electrons. The van der Waals surface area contributed by atoms with Gasteiger partial charge in [0, 0.05) is 21.5 Å². The van der Waals surface area contributed by atoms with Gasteiger partial charge in [-0.2, -0.15) is 4.57 Å². The predicted octanol–water partition coefficient (Wildman–Crippen LogP) is 4.35. The second kappa shape index (κ2) is 6.96. The molecule has 106 valence electrons. The number of halogens is 2. The quantitative estimate of drug-likeness (QED) is 0.467. The van der Waals surface area contributed by atoms with Gasteiger partial charge >= 0.3 is 0 Å². The van der Waals surface area contributed by atoms with Crippen LogP contribution in [0.3, 0.4) is 0 Å². The monoisotopic (exact) mass is 406 g/mol. The fraction of sp³-hybridized carbons (Fsp3) is 0.0588. The number of pyridine rings is 1. The molecule has 0 aliphatic rings. The van der Waals surface area contributed by atoms with Gasteiger partial charge in [-0.25, -0.2) is 0 Å². The van der Waals surface area contributed by atoms with Crippen LogP contribution in [0.15, 0.2) is 71.5 Å². The van der Waals surface area contributed by atoms with Crippen molar-refractivity contribution in [2.75, 3.05) is 0 Å². The van der Waals surface area contributed by atoms with Gasteiger partial charge in [0.15, 0.2) is 12.4 Å². The topological polar surface area (TPSA) is 20.9 Å². The van der Waals surface area contributed by atoms with Crippen LogP contribution >= 0.6 is 32.9 Å². The maximum atomic E-state index is 12.2. The highest BCUT2D eigenvalue weighted by Crippen LogP contribution is 2.12. The van der Waals surface area contributed by atoms with E-state index in [1.807, 2.05) is 59.4 Å². The summed E-state index contributed by atoms with van der Waals surface area (Å²) >= 11 is 3.37. The first kappa shape index (κ1) is 15.9. The molecule has 0 spiro atoms. The zero-order valence-corrected chi connectivity index (χ0v) is 14.5. The summed E-state index contributed by atoms with van der Waals surface area (Å²) in [7, 11) is 0. The van der Waals surface area contributed by atoms with Crippen molar-refractivity contribution in [2.45, 2.75) is 6.54 Å². The lowest BCUT2D eigenvalue weighted by Crippen LogP contribution is -2.37. The van der Waals surface area contributed by atoms with Crippen molar-refractivity contribution < 1.29 is 9.36 Å². The molecular formula is C17H14Br2NO+. The largest absolute Gasteiger partial charge is 0.287 e. The van der Waals surface area contributed by atoms with E-state index < -0.39 is 0 Å². The average Bonchev–Trinajstić information content (AvgIpc) is 2.48. The maximum Gasteiger partial charge on any atom is 0.227 e. The Labute approximate surface area is 142 Å². The van der Waals surface area contributed by atoms with Crippen LogP contribution in [0.5, 0.6) is 0 Å². The lowest BCUT2D eigenvalue weighted by atomic mass is 10.1. The number of ketones is 1. The lowest BCUT2D eigenvalue weighted by molar-refractivity contribution is -0.681. The first-order valence-corrected chi connectivity index (χ1v) is 7.18. The Morgan fingerprint density at radius 1 is 0.952 bits per heavy atom. The van der Waals surface area contributed by atoms with Crippen LogP contribution < -0.4 is 4.57 Å². The Morgan fingerprint density at radius 2 is 1.62 bits per heavy atom. The van der Waals surface area contributed by atoms with E-state index in [0.717, 1.165) is 15.4 Å². The highest BCUT2D eigenvalue weighted by molar-refractivity contribution is 9.10. The van der Waals surface area contributed by atoms with Crippen molar-refractivity contribution in [3.8, 4) is 0 Å². The average molecular weight is 408 g/mol. The number of rotatable bonds is 3. The van der Waals surface area contributed by atoms with Crippen LogP contribution in [-0.2, 0) is 6.54 Å². The molecule has 2 nitrogen and oxygen atoms in total. The smallest absolute Gasteiger partial charge is 0.227 e. The molecule has 0 saturated carbocycles. The number of aromatic nitrogens is 1. The van der Waals surface area contributed by atoms with Crippen molar-refractivity contribution in [3.63, 3.8) is 0 Å². The van der Waals surface area contributed by atoms with Crippen molar-refractivity contribution in [1.82, 2.24) is 0 Å². The van der Waals surface area contributed by atoms with Gasteiger partial charge < -0.3 is 0 Å². The summed E-state index contributed by atoms with van der Waals surface area (Å²) in [6, 6.07) is 17.6. The number of Topliss-reactive ketones (excluding diaryl/α,β-unsaturated/α-hetero) is 1. The van der Waals surface area contributed by atoms with Crippen molar-refractivity contribution in [3.05, 3.63) is 77.0 Å². The molecule has 1 aromatic heterocycles. The highest BCUT2D eigenvalue weighted by Gasteiger charge is 2.12. The van der Waals surface area contributed by atoms with E-state index in [1.165, 1.54) is 5.39 Å². The molecule has 2 aromatic carbocycles. The normalized spacial score (nSPS) is 10.1. The summed E-state index contributed by atoms with van der Waals surface area (Å²) in [5.41, 5.74) is 0.730. The molecule has 3 rings (SSSR count). The molecule has 0 unspecified atom stereocenters. The summed E-state index contributed by atoms with van der Waals surface area (Å²) in [4.78, 5) is 12.2.